The number of anilines is 1. The molecule has 1 saturated heterocycles. The van der Waals surface area contributed by atoms with E-state index >= 15 is 0 Å². The molecule has 1 heterocycles. The molecule has 0 atom stereocenters. The lowest BCUT2D eigenvalue weighted by Crippen LogP contribution is -2.47. The van der Waals surface area contributed by atoms with Gasteiger partial charge in [-0.3, -0.25) is 4.31 Å². The van der Waals surface area contributed by atoms with Crippen molar-refractivity contribution >= 4 is 15.9 Å². The summed E-state index contributed by atoms with van der Waals surface area (Å²) >= 11 is 0. The van der Waals surface area contributed by atoms with Crippen LogP contribution in [0.2, 0.25) is 0 Å². The minimum atomic E-state index is -3.51. The van der Waals surface area contributed by atoms with Gasteiger partial charge in [0.05, 0.1) is 5.69 Å². The average molecular weight is 298 g/mol. The number of hydrogen-bond donors (Lipinski definition) is 1. The standard InChI is InChI=1S/C14H22N2O3S/c1-3-16(13-5-4-6-14(17)11-13)20(18,19)15-9-7-12(2)8-10-15/h4-6,11-12,17H,3,7-10H2,1-2H3. The molecule has 20 heavy (non-hydrogen) atoms. The van der Waals surface area contributed by atoms with Gasteiger partial charge in [0.15, 0.2) is 0 Å². The van der Waals surface area contributed by atoms with Crippen LogP contribution >= 0.6 is 0 Å². The number of nitrogens with zero attached hydrogens (tertiary/aromatic N) is 2. The monoisotopic (exact) mass is 298 g/mol. The van der Waals surface area contributed by atoms with Crippen molar-refractivity contribution in [1.29, 1.82) is 0 Å². The summed E-state index contributed by atoms with van der Waals surface area (Å²) in [5.74, 6) is 0.653. The highest BCUT2D eigenvalue weighted by Crippen LogP contribution is 2.26. The van der Waals surface area contributed by atoms with E-state index in [9.17, 15) is 13.5 Å². The van der Waals surface area contributed by atoms with Crippen molar-refractivity contribution in [3.63, 3.8) is 0 Å². The fraction of sp³-hybridized carbons (Fsp3) is 0.571. The van der Waals surface area contributed by atoms with Crippen LogP contribution in [0.3, 0.4) is 0 Å². The summed E-state index contributed by atoms with van der Waals surface area (Å²) < 4.78 is 28.3. The largest absolute Gasteiger partial charge is 0.508 e. The van der Waals surface area contributed by atoms with Crippen LogP contribution < -0.4 is 4.31 Å². The van der Waals surface area contributed by atoms with Crippen molar-refractivity contribution in [2.24, 2.45) is 5.92 Å². The van der Waals surface area contributed by atoms with Gasteiger partial charge in [0, 0.05) is 25.7 Å². The van der Waals surface area contributed by atoms with E-state index in [1.54, 1.807) is 23.4 Å². The van der Waals surface area contributed by atoms with Gasteiger partial charge in [-0.1, -0.05) is 13.0 Å². The van der Waals surface area contributed by atoms with E-state index in [2.05, 4.69) is 6.92 Å². The van der Waals surface area contributed by atoms with Gasteiger partial charge in [0.2, 0.25) is 0 Å². The van der Waals surface area contributed by atoms with Crippen LogP contribution in [0.25, 0.3) is 0 Å². The van der Waals surface area contributed by atoms with Gasteiger partial charge >= 0.3 is 10.2 Å². The van der Waals surface area contributed by atoms with E-state index < -0.39 is 10.2 Å². The Bertz CT molecular complexity index is 551. The van der Waals surface area contributed by atoms with Crippen molar-refractivity contribution in [1.82, 2.24) is 4.31 Å². The first-order valence-corrected chi connectivity index (χ1v) is 8.41. The zero-order chi connectivity index (χ0) is 14.8. The van der Waals surface area contributed by atoms with E-state index in [1.807, 2.05) is 0 Å². The summed E-state index contributed by atoms with van der Waals surface area (Å²) in [5.41, 5.74) is 0.506. The molecule has 0 unspecified atom stereocenters. The first kappa shape index (κ1) is 15.1. The number of benzene rings is 1. The molecule has 0 aliphatic carbocycles. The minimum Gasteiger partial charge on any atom is -0.508 e. The maximum Gasteiger partial charge on any atom is 0.304 e. The Labute approximate surface area is 121 Å². The van der Waals surface area contributed by atoms with E-state index in [1.165, 1.54) is 16.4 Å². The molecule has 1 aliphatic heterocycles. The molecule has 0 amide bonds. The SMILES string of the molecule is CCN(c1cccc(O)c1)S(=O)(=O)N1CCC(C)CC1. The van der Waals surface area contributed by atoms with E-state index in [-0.39, 0.29) is 5.75 Å². The van der Waals surface area contributed by atoms with Gasteiger partial charge in [0.25, 0.3) is 0 Å². The summed E-state index contributed by atoms with van der Waals surface area (Å²) in [5, 5.41) is 9.53. The Balaban J connectivity index is 2.26. The zero-order valence-electron chi connectivity index (χ0n) is 12.0. The number of piperidine rings is 1. The van der Waals surface area contributed by atoms with Gasteiger partial charge < -0.3 is 5.11 Å². The summed E-state index contributed by atoms with van der Waals surface area (Å²) in [6.07, 6.45) is 1.80. The van der Waals surface area contributed by atoms with Gasteiger partial charge in [-0.2, -0.15) is 12.7 Å². The Hall–Kier alpha value is -1.27. The lowest BCUT2D eigenvalue weighted by Gasteiger charge is -2.34. The van der Waals surface area contributed by atoms with Crippen LogP contribution in [0.1, 0.15) is 26.7 Å². The fourth-order valence-corrected chi connectivity index (χ4v) is 4.14. The third-order valence-corrected chi connectivity index (χ3v) is 5.80. The fourth-order valence-electron chi connectivity index (χ4n) is 2.48. The molecule has 1 aromatic carbocycles. The second-order valence-corrected chi connectivity index (χ2v) is 7.13. The molecule has 1 fully saturated rings. The molecule has 1 aliphatic rings. The molecule has 1 aromatic rings. The molecule has 6 heteroatoms. The van der Waals surface area contributed by atoms with E-state index in [0.717, 1.165) is 12.8 Å². The summed E-state index contributed by atoms with van der Waals surface area (Å²) in [6, 6.07) is 6.37. The lowest BCUT2D eigenvalue weighted by atomic mass is 10.0. The normalized spacial score (nSPS) is 18.1. The smallest absolute Gasteiger partial charge is 0.304 e. The van der Waals surface area contributed by atoms with Crippen LogP contribution in [0.15, 0.2) is 24.3 Å². The first-order valence-electron chi connectivity index (χ1n) is 7.02. The van der Waals surface area contributed by atoms with Crippen LogP contribution in [0, 0.1) is 5.92 Å². The highest BCUT2D eigenvalue weighted by Gasteiger charge is 2.31. The second kappa shape index (κ2) is 6.01. The van der Waals surface area contributed by atoms with E-state index in [4.69, 9.17) is 0 Å². The molecule has 5 nitrogen and oxygen atoms in total. The number of hydrogen-bond acceptors (Lipinski definition) is 3. The molecular formula is C14H22N2O3S. The topological polar surface area (TPSA) is 60.9 Å². The lowest BCUT2D eigenvalue weighted by molar-refractivity contribution is 0.287. The molecule has 0 spiro atoms. The summed E-state index contributed by atoms with van der Waals surface area (Å²) in [7, 11) is -3.51. The van der Waals surface area contributed by atoms with Crippen molar-refractivity contribution in [2.75, 3.05) is 23.9 Å². The van der Waals surface area contributed by atoms with Crippen LogP contribution in [-0.4, -0.2) is 37.5 Å². The first-order chi connectivity index (χ1) is 9.45. The zero-order valence-corrected chi connectivity index (χ0v) is 12.8. The van der Waals surface area contributed by atoms with Crippen LogP contribution in [0.4, 0.5) is 5.69 Å². The van der Waals surface area contributed by atoms with Crippen molar-refractivity contribution in [3.05, 3.63) is 24.3 Å². The van der Waals surface area contributed by atoms with Crippen molar-refractivity contribution in [3.8, 4) is 5.75 Å². The molecule has 112 valence electrons. The van der Waals surface area contributed by atoms with Crippen molar-refractivity contribution in [2.45, 2.75) is 26.7 Å². The van der Waals surface area contributed by atoms with E-state index in [0.29, 0.717) is 31.2 Å². The molecule has 2 rings (SSSR count). The molecule has 0 saturated carbocycles. The Morgan fingerprint density at radius 1 is 1.35 bits per heavy atom. The quantitative estimate of drug-likeness (QED) is 0.927. The highest BCUT2D eigenvalue weighted by atomic mass is 32.2. The van der Waals surface area contributed by atoms with Crippen LogP contribution in [-0.2, 0) is 10.2 Å². The molecule has 0 aromatic heterocycles. The number of aromatic hydroxyl groups is 1. The third kappa shape index (κ3) is 3.07. The molecule has 0 bridgehead atoms. The molecule has 0 radical (unpaired) electrons. The van der Waals surface area contributed by atoms with Gasteiger partial charge in [-0.25, -0.2) is 0 Å². The summed E-state index contributed by atoms with van der Waals surface area (Å²) in [6.45, 7) is 5.43. The predicted molar refractivity (Wildman–Crippen MR) is 80.0 cm³/mol. The number of phenols is 1. The van der Waals surface area contributed by atoms with Gasteiger partial charge in [-0.15, -0.1) is 0 Å². The summed E-state index contributed by atoms with van der Waals surface area (Å²) in [4.78, 5) is 0. The Morgan fingerprint density at radius 2 is 2.00 bits per heavy atom. The van der Waals surface area contributed by atoms with Gasteiger partial charge in [0.1, 0.15) is 5.75 Å². The predicted octanol–water partition coefficient (Wildman–Crippen LogP) is 2.20. The number of phenolic OH excluding ortho intramolecular Hbond substituents is 1. The Kier molecular flexibility index (Phi) is 4.55. The maximum absolute atomic E-state index is 12.7. The number of rotatable bonds is 4. The van der Waals surface area contributed by atoms with Gasteiger partial charge in [-0.05, 0) is 37.8 Å². The third-order valence-electron chi connectivity index (χ3n) is 3.75. The minimum absolute atomic E-state index is 0.0726. The van der Waals surface area contributed by atoms with Crippen molar-refractivity contribution < 1.29 is 13.5 Å². The van der Waals surface area contributed by atoms with Crippen LogP contribution in [0.5, 0.6) is 5.75 Å². The molecule has 1 N–H and O–H groups in total. The molecular weight excluding hydrogens is 276 g/mol. The maximum atomic E-state index is 12.7. The average Bonchev–Trinajstić information content (AvgIpc) is 2.40. The second-order valence-electron chi connectivity index (χ2n) is 5.27. The highest BCUT2D eigenvalue weighted by molar-refractivity contribution is 7.90. The Morgan fingerprint density at radius 3 is 2.55 bits per heavy atom.